The maximum Gasteiger partial charge on any atom is 0.207 e. The molecular weight excluding hydrogens is 338 g/mol. The van der Waals surface area contributed by atoms with Gasteiger partial charge in [-0.2, -0.15) is 0 Å². The normalized spacial score (nSPS) is 9.85. The molecule has 3 N–H and O–H groups in total. The SMILES string of the molecule is CC.CN(C)CCNC=O.Cc1cccc(-c2cnc3ccn(N)c3c2)c1. The highest BCUT2D eigenvalue weighted by atomic mass is 16.1. The molecule has 6 heteroatoms. The van der Waals surface area contributed by atoms with Crippen LogP contribution in [0, 0.1) is 6.92 Å². The molecule has 0 aliphatic heterocycles. The average molecular weight is 370 g/mol. The van der Waals surface area contributed by atoms with Gasteiger partial charge < -0.3 is 16.1 Å². The van der Waals surface area contributed by atoms with Crippen LogP contribution >= 0.6 is 0 Å². The van der Waals surface area contributed by atoms with Gasteiger partial charge in [-0.15, -0.1) is 0 Å². The average Bonchev–Trinajstić information content (AvgIpc) is 3.04. The first-order valence-corrected chi connectivity index (χ1v) is 9.12. The second kappa shape index (κ2) is 11.7. The highest BCUT2D eigenvalue weighted by molar-refractivity contribution is 5.81. The standard InChI is InChI=1S/C14H13N3.C5H12N2O.C2H6/c1-10-3-2-4-11(7-10)12-8-14-13(16-9-12)5-6-17(14)15;1-7(2)4-3-6-5-8;1-2/h2-9H,15H2,1H3;5H,3-4H2,1-2H3,(H,6,8);1-2H3. The third-order valence-corrected chi connectivity index (χ3v) is 3.71. The van der Waals surface area contributed by atoms with Crippen molar-refractivity contribution in [2.45, 2.75) is 20.8 Å². The monoisotopic (exact) mass is 369 g/mol. The zero-order valence-corrected chi connectivity index (χ0v) is 16.9. The number of nitrogens with zero attached hydrogens (tertiary/aromatic N) is 3. The number of benzene rings is 1. The molecule has 0 radical (unpaired) electrons. The Morgan fingerprint density at radius 3 is 2.56 bits per heavy atom. The van der Waals surface area contributed by atoms with Crippen LogP contribution in [0.4, 0.5) is 0 Å². The zero-order valence-electron chi connectivity index (χ0n) is 16.9. The Bertz CT molecular complexity index is 826. The van der Waals surface area contributed by atoms with Crippen molar-refractivity contribution >= 4 is 17.4 Å². The van der Waals surface area contributed by atoms with Crippen molar-refractivity contribution in [3.63, 3.8) is 0 Å². The van der Waals surface area contributed by atoms with E-state index in [1.807, 2.05) is 51.3 Å². The number of nitrogens with one attached hydrogen (secondary N) is 1. The van der Waals surface area contributed by atoms with Crippen LogP contribution in [0.15, 0.2) is 48.8 Å². The number of aromatic nitrogens is 2. The quantitative estimate of drug-likeness (QED) is 0.412. The largest absolute Gasteiger partial charge is 0.357 e. The molecule has 0 saturated carbocycles. The van der Waals surface area contributed by atoms with Crippen molar-refractivity contribution in [1.29, 1.82) is 0 Å². The zero-order chi connectivity index (χ0) is 20.2. The van der Waals surface area contributed by atoms with Gasteiger partial charge in [0.1, 0.15) is 0 Å². The van der Waals surface area contributed by atoms with Gasteiger partial charge in [0.25, 0.3) is 0 Å². The van der Waals surface area contributed by atoms with Crippen LogP contribution in [0.1, 0.15) is 19.4 Å². The summed E-state index contributed by atoms with van der Waals surface area (Å²) in [5, 5.41) is 2.56. The van der Waals surface area contributed by atoms with E-state index < -0.39 is 0 Å². The van der Waals surface area contributed by atoms with E-state index in [4.69, 9.17) is 5.84 Å². The summed E-state index contributed by atoms with van der Waals surface area (Å²) < 4.78 is 1.60. The van der Waals surface area contributed by atoms with Gasteiger partial charge >= 0.3 is 0 Å². The number of aryl methyl sites for hydroxylation is 1. The molecule has 0 unspecified atom stereocenters. The van der Waals surface area contributed by atoms with E-state index >= 15 is 0 Å². The molecule has 2 aromatic heterocycles. The number of carbonyl (C=O) groups is 1. The maximum atomic E-state index is 9.66. The molecule has 3 rings (SSSR count). The summed E-state index contributed by atoms with van der Waals surface area (Å²) in [6, 6.07) is 12.3. The first-order valence-electron chi connectivity index (χ1n) is 9.12. The number of amides is 1. The van der Waals surface area contributed by atoms with Gasteiger partial charge in [0.2, 0.25) is 6.41 Å². The number of pyridine rings is 1. The first kappa shape index (κ1) is 22.2. The Labute approximate surface area is 162 Å². The lowest BCUT2D eigenvalue weighted by Gasteiger charge is -2.06. The number of nitrogen functional groups attached to an aromatic ring is 1. The Morgan fingerprint density at radius 1 is 1.19 bits per heavy atom. The molecule has 0 saturated heterocycles. The van der Waals surface area contributed by atoms with E-state index in [2.05, 4.69) is 47.6 Å². The summed E-state index contributed by atoms with van der Waals surface area (Å²) in [6.07, 6.45) is 4.41. The van der Waals surface area contributed by atoms with Gasteiger partial charge in [0.15, 0.2) is 0 Å². The minimum Gasteiger partial charge on any atom is -0.357 e. The second-order valence-corrected chi connectivity index (χ2v) is 6.10. The van der Waals surface area contributed by atoms with E-state index in [1.54, 1.807) is 4.68 Å². The molecule has 1 amide bonds. The molecule has 0 aliphatic carbocycles. The molecule has 0 bridgehead atoms. The lowest BCUT2D eigenvalue weighted by atomic mass is 10.1. The van der Waals surface area contributed by atoms with Crippen molar-refractivity contribution in [2.24, 2.45) is 0 Å². The van der Waals surface area contributed by atoms with Crippen LogP contribution in [-0.2, 0) is 4.79 Å². The summed E-state index contributed by atoms with van der Waals surface area (Å²) in [6.45, 7) is 7.72. The van der Waals surface area contributed by atoms with Gasteiger partial charge in [-0.1, -0.05) is 43.7 Å². The van der Waals surface area contributed by atoms with E-state index in [9.17, 15) is 4.79 Å². The topological polar surface area (TPSA) is 76.2 Å². The molecular formula is C21H31N5O. The third kappa shape index (κ3) is 7.11. The van der Waals surface area contributed by atoms with E-state index in [-0.39, 0.29) is 0 Å². The summed E-state index contributed by atoms with van der Waals surface area (Å²) in [7, 11) is 3.93. The molecule has 2 heterocycles. The van der Waals surface area contributed by atoms with Crippen LogP contribution in [0.3, 0.4) is 0 Å². The number of fused-ring (bicyclic) bond motifs is 1. The number of carbonyl (C=O) groups excluding carboxylic acids is 1. The van der Waals surface area contributed by atoms with Crippen LogP contribution < -0.4 is 11.2 Å². The smallest absolute Gasteiger partial charge is 0.207 e. The second-order valence-electron chi connectivity index (χ2n) is 6.10. The molecule has 1 aromatic carbocycles. The summed E-state index contributed by atoms with van der Waals surface area (Å²) in [4.78, 5) is 16.1. The van der Waals surface area contributed by atoms with Crippen LogP contribution in [0.5, 0.6) is 0 Å². The van der Waals surface area contributed by atoms with Gasteiger partial charge in [0.05, 0.1) is 11.0 Å². The van der Waals surface area contributed by atoms with Gasteiger partial charge in [-0.05, 0) is 38.7 Å². The number of likely N-dealkylation sites (N-methyl/N-ethyl adjacent to an activating group) is 1. The fraction of sp³-hybridized carbons (Fsp3) is 0.333. The molecule has 0 atom stereocenters. The van der Waals surface area contributed by atoms with Crippen molar-refractivity contribution in [2.75, 3.05) is 33.0 Å². The van der Waals surface area contributed by atoms with Gasteiger partial charge in [-0.3, -0.25) is 14.5 Å². The predicted molar refractivity (Wildman–Crippen MR) is 114 cm³/mol. The van der Waals surface area contributed by atoms with Crippen molar-refractivity contribution in [1.82, 2.24) is 19.9 Å². The molecule has 27 heavy (non-hydrogen) atoms. The minimum atomic E-state index is 0.712. The fourth-order valence-electron chi connectivity index (χ4n) is 2.36. The molecule has 0 spiro atoms. The van der Waals surface area contributed by atoms with Crippen LogP contribution in [-0.4, -0.2) is 48.2 Å². The highest BCUT2D eigenvalue weighted by Gasteiger charge is 2.03. The van der Waals surface area contributed by atoms with Crippen LogP contribution in [0.25, 0.3) is 22.2 Å². The predicted octanol–water partition coefficient (Wildman–Crippen LogP) is 3.05. The van der Waals surface area contributed by atoms with E-state index in [0.29, 0.717) is 6.41 Å². The first-order chi connectivity index (χ1) is 13.0. The molecule has 6 nitrogen and oxygen atoms in total. The van der Waals surface area contributed by atoms with E-state index in [0.717, 1.165) is 29.7 Å². The Kier molecular flexibility index (Phi) is 9.61. The Morgan fingerprint density at radius 2 is 1.93 bits per heavy atom. The van der Waals surface area contributed by atoms with Crippen LogP contribution in [0.2, 0.25) is 0 Å². The van der Waals surface area contributed by atoms with Gasteiger partial charge in [-0.25, -0.2) is 0 Å². The number of rotatable bonds is 5. The highest BCUT2D eigenvalue weighted by Crippen LogP contribution is 2.23. The minimum absolute atomic E-state index is 0.712. The third-order valence-electron chi connectivity index (χ3n) is 3.71. The lowest BCUT2D eigenvalue weighted by molar-refractivity contribution is -0.109. The maximum absolute atomic E-state index is 9.66. The molecule has 3 aromatic rings. The summed E-state index contributed by atoms with van der Waals surface area (Å²) in [5.41, 5.74) is 5.37. The van der Waals surface area contributed by atoms with Gasteiger partial charge in [0, 0.05) is 31.0 Å². The fourth-order valence-corrected chi connectivity index (χ4v) is 2.36. The Hall–Kier alpha value is -2.86. The van der Waals surface area contributed by atoms with E-state index in [1.165, 1.54) is 11.1 Å². The molecule has 0 fully saturated rings. The van der Waals surface area contributed by atoms with Crippen molar-refractivity contribution in [3.8, 4) is 11.1 Å². The number of hydrogen-bond acceptors (Lipinski definition) is 4. The molecule has 0 aliphatic rings. The molecule has 146 valence electrons. The number of nitrogens with two attached hydrogens (primary N) is 1. The van der Waals surface area contributed by atoms with Crippen molar-refractivity contribution < 1.29 is 4.79 Å². The Balaban J connectivity index is 0.000000312. The lowest BCUT2D eigenvalue weighted by Crippen LogP contribution is -2.25. The number of hydrogen-bond donors (Lipinski definition) is 2. The van der Waals surface area contributed by atoms with Crippen molar-refractivity contribution in [3.05, 3.63) is 54.4 Å². The summed E-state index contributed by atoms with van der Waals surface area (Å²) in [5.74, 6) is 5.83. The summed E-state index contributed by atoms with van der Waals surface area (Å²) >= 11 is 0.